The Morgan fingerprint density at radius 2 is 2.04 bits per heavy atom. The summed E-state index contributed by atoms with van der Waals surface area (Å²) in [7, 11) is 1.76. The van der Waals surface area contributed by atoms with E-state index in [4.69, 9.17) is 0 Å². The number of carbonyl (C=O) groups is 1. The third-order valence-electron chi connectivity index (χ3n) is 4.55. The SMILES string of the molecule is CN=C(NCCC(=O)NC(C)C)NCC1CCCN1Cc1ccccc1. The van der Waals surface area contributed by atoms with E-state index in [-0.39, 0.29) is 11.9 Å². The second-order valence-corrected chi connectivity index (χ2v) is 7.10. The van der Waals surface area contributed by atoms with Crippen molar-refractivity contribution in [2.45, 2.75) is 51.7 Å². The van der Waals surface area contributed by atoms with Gasteiger partial charge in [-0.2, -0.15) is 0 Å². The number of benzene rings is 1. The fraction of sp³-hybridized carbons (Fsp3) is 0.600. The Hall–Kier alpha value is -2.08. The summed E-state index contributed by atoms with van der Waals surface area (Å²) >= 11 is 0. The maximum atomic E-state index is 11.7. The van der Waals surface area contributed by atoms with E-state index < -0.39 is 0 Å². The van der Waals surface area contributed by atoms with Crippen LogP contribution in [0.1, 0.15) is 38.7 Å². The van der Waals surface area contributed by atoms with Crippen molar-refractivity contribution in [1.29, 1.82) is 0 Å². The van der Waals surface area contributed by atoms with E-state index in [1.807, 2.05) is 13.8 Å². The summed E-state index contributed by atoms with van der Waals surface area (Å²) in [6.45, 7) is 7.52. The van der Waals surface area contributed by atoms with Crippen molar-refractivity contribution < 1.29 is 4.79 Å². The van der Waals surface area contributed by atoms with E-state index in [2.05, 4.69) is 56.2 Å². The first-order valence-electron chi connectivity index (χ1n) is 9.60. The summed E-state index contributed by atoms with van der Waals surface area (Å²) in [4.78, 5) is 18.5. The van der Waals surface area contributed by atoms with E-state index in [0.717, 1.165) is 25.6 Å². The van der Waals surface area contributed by atoms with Crippen LogP contribution >= 0.6 is 0 Å². The first-order chi connectivity index (χ1) is 12.6. The number of aliphatic imine (C=N–C) groups is 1. The summed E-state index contributed by atoms with van der Waals surface area (Å²) in [6.07, 6.45) is 2.89. The number of likely N-dealkylation sites (tertiary alicyclic amines) is 1. The number of rotatable bonds is 8. The molecule has 1 aromatic rings. The zero-order valence-corrected chi connectivity index (χ0v) is 16.3. The largest absolute Gasteiger partial charge is 0.356 e. The van der Waals surface area contributed by atoms with Crippen LogP contribution in [0.15, 0.2) is 35.3 Å². The molecule has 0 radical (unpaired) electrons. The lowest BCUT2D eigenvalue weighted by molar-refractivity contribution is -0.121. The van der Waals surface area contributed by atoms with Gasteiger partial charge in [-0.1, -0.05) is 30.3 Å². The minimum Gasteiger partial charge on any atom is -0.356 e. The van der Waals surface area contributed by atoms with E-state index in [1.165, 1.54) is 18.4 Å². The van der Waals surface area contributed by atoms with Gasteiger partial charge in [-0.15, -0.1) is 0 Å². The van der Waals surface area contributed by atoms with Gasteiger partial charge in [-0.3, -0.25) is 14.7 Å². The number of hydrogen-bond donors (Lipinski definition) is 3. The van der Waals surface area contributed by atoms with E-state index in [9.17, 15) is 4.79 Å². The van der Waals surface area contributed by atoms with E-state index in [1.54, 1.807) is 7.05 Å². The molecule has 144 valence electrons. The zero-order chi connectivity index (χ0) is 18.8. The second kappa shape index (κ2) is 10.8. The molecule has 26 heavy (non-hydrogen) atoms. The highest BCUT2D eigenvalue weighted by Crippen LogP contribution is 2.19. The lowest BCUT2D eigenvalue weighted by Gasteiger charge is -2.25. The van der Waals surface area contributed by atoms with E-state index >= 15 is 0 Å². The van der Waals surface area contributed by atoms with Gasteiger partial charge in [0.05, 0.1) is 0 Å². The molecule has 1 aliphatic rings. The van der Waals surface area contributed by atoms with Crippen LogP contribution in [-0.4, -0.2) is 55.5 Å². The molecule has 6 heteroatoms. The predicted octanol–water partition coefficient (Wildman–Crippen LogP) is 1.73. The average Bonchev–Trinajstić information content (AvgIpc) is 3.05. The molecule has 0 aliphatic carbocycles. The summed E-state index contributed by atoms with van der Waals surface area (Å²) in [5.74, 6) is 0.821. The molecule has 0 saturated carbocycles. The van der Waals surface area contributed by atoms with Crippen LogP contribution in [0.2, 0.25) is 0 Å². The molecule has 1 atom stereocenters. The summed E-state index contributed by atoms with van der Waals surface area (Å²) in [6, 6.07) is 11.3. The molecular formula is C20H33N5O. The molecule has 6 nitrogen and oxygen atoms in total. The molecular weight excluding hydrogens is 326 g/mol. The van der Waals surface area contributed by atoms with Crippen LogP contribution in [0.25, 0.3) is 0 Å². The third-order valence-corrected chi connectivity index (χ3v) is 4.55. The molecule has 1 heterocycles. The minimum atomic E-state index is 0.0628. The summed E-state index contributed by atoms with van der Waals surface area (Å²) < 4.78 is 0. The van der Waals surface area contributed by atoms with Crippen molar-refractivity contribution in [3.05, 3.63) is 35.9 Å². The van der Waals surface area contributed by atoms with Crippen molar-refractivity contribution in [1.82, 2.24) is 20.9 Å². The first kappa shape index (κ1) is 20.2. The van der Waals surface area contributed by atoms with Crippen molar-refractivity contribution in [3.8, 4) is 0 Å². The van der Waals surface area contributed by atoms with Gasteiger partial charge < -0.3 is 16.0 Å². The van der Waals surface area contributed by atoms with Crippen LogP contribution in [0.3, 0.4) is 0 Å². The highest BCUT2D eigenvalue weighted by molar-refractivity contribution is 5.81. The Morgan fingerprint density at radius 1 is 1.27 bits per heavy atom. The van der Waals surface area contributed by atoms with Crippen LogP contribution in [0, 0.1) is 0 Å². The molecule has 1 fully saturated rings. The topological polar surface area (TPSA) is 68.8 Å². The fourth-order valence-corrected chi connectivity index (χ4v) is 3.28. The highest BCUT2D eigenvalue weighted by atomic mass is 16.1. The molecule has 0 spiro atoms. The van der Waals surface area contributed by atoms with Crippen molar-refractivity contribution in [2.75, 3.05) is 26.7 Å². The number of nitrogens with one attached hydrogen (secondary N) is 3. The second-order valence-electron chi connectivity index (χ2n) is 7.10. The number of guanidine groups is 1. The Morgan fingerprint density at radius 3 is 2.73 bits per heavy atom. The number of carbonyl (C=O) groups excluding carboxylic acids is 1. The summed E-state index contributed by atoms with van der Waals surface area (Å²) in [5, 5.41) is 9.52. The van der Waals surface area contributed by atoms with Gasteiger partial charge in [0.15, 0.2) is 5.96 Å². The average molecular weight is 360 g/mol. The van der Waals surface area contributed by atoms with Gasteiger partial charge in [0.2, 0.25) is 5.91 Å². The van der Waals surface area contributed by atoms with Gasteiger partial charge in [-0.05, 0) is 38.8 Å². The van der Waals surface area contributed by atoms with Crippen LogP contribution < -0.4 is 16.0 Å². The lowest BCUT2D eigenvalue weighted by atomic mass is 10.2. The fourth-order valence-electron chi connectivity index (χ4n) is 3.28. The standard InChI is InChI=1S/C20H33N5O/c1-16(2)24-19(26)11-12-22-20(21-3)23-14-18-10-7-13-25(18)15-17-8-5-4-6-9-17/h4-6,8-9,16,18H,7,10-15H2,1-3H3,(H,24,26)(H2,21,22,23). The number of amides is 1. The van der Waals surface area contributed by atoms with Crippen LogP contribution in [0.4, 0.5) is 0 Å². The molecule has 1 amide bonds. The molecule has 1 unspecified atom stereocenters. The van der Waals surface area contributed by atoms with Gasteiger partial charge in [-0.25, -0.2) is 0 Å². The normalized spacial score (nSPS) is 18.2. The van der Waals surface area contributed by atoms with Gasteiger partial charge in [0.25, 0.3) is 0 Å². The molecule has 3 N–H and O–H groups in total. The molecule has 1 saturated heterocycles. The Balaban J connectivity index is 1.72. The third kappa shape index (κ3) is 7.04. The summed E-state index contributed by atoms with van der Waals surface area (Å²) in [5.41, 5.74) is 1.36. The zero-order valence-electron chi connectivity index (χ0n) is 16.3. The van der Waals surface area contributed by atoms with Crippen LogP contribution in [0.5, 0.6) is 0 Å². The highest BCUT2D eigenvalue weighted by Gasteiger charge is 2.24. The molecule has 1 aromatic carbocycles. The van der Waals surface area contributed by atoms with Gasteiger partial charge >= 0.3 is 0 Å². The quantitative estimate of drug-likeness (QED) is 0.488. The maximum Gasteiger partial charge on any atom is 0.221 e. The lowest BCUT2D eigenvalue weighted by Crippen LogP contribution is -2.45. The van der Waals surface area contributed by atoms with Gasteiger partial charge in [0.1, 0.15) is 0 Å². The van der Waals surface area contributed by atoms with Gasteiger partial charge in [0, 0.05) is 45.2 Å². The first-order valence-corrected chi connectivity index (χ1v) is 9.60. The van der Waals surface area contributed by atoms with E-state index in [0.29, 0.717) is 19.0 Å². The Labute approximate surface area is 157 Å². The Bertz CT molecular complexity index is 573. The number of hydrogen-bond acceptors (Lipinski definition) is 3. The van der Waals surface area contributed by atoms with Crippen molar-refractivity contribution in [2.24, 2.45) is 4.99 Å². The number of nitrogens with zero attached hydrogens (tertiary/aromatic N) is 2. The minimum absolute atomic E-state index is 0.0628. The molecule has 0 aromatic heterocycles. The van der Waals surface area contributed by atoms with Crippen molar-refractivity contribution in [3.63, 3.8) is 0 Å². The van der Waals surface area contributed by atoms with Crippen molar-refractivity contribution >= 4 is 11.9 Å². The Kier molecular flexibility index (Phi) is 8.41. The maximum absolute atomic E-state index is 11.7. The van der Waals surface area contributed by atoms with Crippen LogP contribution in [-0.2, 0) is 11.3 Å². The predicted molar refractivity (Wildman–Crippen MR) is 107 cm³/mol. The smallest absolute Gasteiger partial charge is 0.221 e. The molecule has 1 aliphatic heterocycles. The molecule has 0 bridgehead atoms. The monoisotopic (exact) mass is 359 g/mol. The molecule has 2 rings (SSSR count).